The SMILES string of the molecule is CCC(C)CCCCCCCCCCCCCCCCC(=O)OC[C@H](COP(=O)(O)OC[C@@H](O)COP(=O)(O)OC[C@@H](COC(=O)CCCCCCCCC(C)CC)OC(=O)CCCCCCCCCC(C)C)OC(=O)CCCCCCCCCCC(C)C. The summed E-state index contributed by atoms with van der Waals surface area (Å²) in [5, 5.41) is 10.6. The summed E-state index contributed by atoms with van der Waals surface area (Å²) in [4.78, 5) is 72.5. The van der Waals surface area contributed by atoms with Crippen LogP contribution in [0.5, 0.6) is 0 Å². The van der Waals surface area contributed by atoms with Crippen molar-refractivity contribution in [2.45, 2.75) is 363 Å². The summed E-state index contributed by atoms with van der Waals surface area (Å²) in [6.07, 6.45) is 41.9. The van der Waals surface area contributed by atoms with Crippen molar-refractivity contribution in [3.8, 4) is 0 Å². The Hall–Kier alpha value is -1.94. The molecule has 0 amide bonds. The summed E-state index contributed by atoms with van der Waals surface area (Å²) in [6.45, 7) is 14.1. The van der Waals surface area contributed by atoms with Gasteiger partial charge in [-0.25, -0.2) is 9.13 Å². The van der Waals surface area contributed by atoms with Gasteiger partial charge in [0.15, 0.2) is 12.2 Å². The highest BCUT2D eigenvalue weighted by atomic mass is 31.2. The Labute approximate surface area is 543 Å². The second-order valence-corrected chi connectivity index (χ2v) is 29.6. The van der Waals surface area contributed by atoms with Gasteiger partial charge >= 0.3 is 39.5 Å². The molecule has 4 unspecified atom stereocenters. The van der Waals surface area contributed by atoms with Crippen molar-refractivity contribution in [1.29, 1.82) is 0 Å². The Morgan fingerprint density at radius 3 is 0.798 bits per heavy atom. The molecule has 19 heteroatoms. The number of aliphatic hydroxyl groups excluding tert-OH is 1. The zero-order valence-corrected chi connectivity index (χ0v) is 59.8. The zero-order valence-electron chi connectivity index (χ0n) is 58.1. The summed E-state index contributed by atoms with van der Waals surface area (Å²) in [5.41, 5.74) is 0. The number of hydrogen-bond donors (Lipinski definition) is 3. The van der Waals surface area contributed by atoms with Crippen LogP contribution in [0.1, 0.15) is 344 Å². The fourth-order valence-corrected chi connectivity index (χ4v) is 12.0. The molecule has 0 aliphatic carbocycles. The molecule has 0 aromatic heterocycles. The Kier molecular flexibility index (Phi) is 58.5. The first-order valence-corrected chi connectivity index (χ1v) is 39.3. The average molecular weight is 1310 g/mol. The average Bonchev–Trinajstić information content (AvgIpc) is 3.69. The summed E-state index contributed by atoms with van der Waals surface area (Å²) in [5.74, 6) is 0.861. The molecule has 0 bridgehead atoms. The van der Waals surface area contributed by atoms with E-state index < -0.39 is 97.5 Å². The van der Waals surface area contributed by atoms with E-state index in [9.17, 15) is 43.2 Å². The van der Waals surface area contributed by atoms with Crippen LogP contribution in [-0.2, 0) is 65.4 Å². The molecule has 0 aliphatic rings. The van der Waals surface area contributed by atoms with Crippen LogP contribution in [0.3, 0.4) is 0 Å². The van der Waals surface area contributed by atoms with Crippen molar-refractivity contribution in [2.75, 3.05) is 39.6 Å². The number of esters is 4. The Balaban J connectivity index is 5.20. The third-order valence-electron chi connectivity index (χ3n) is 16.8. The van der Waals surface area contributed by atoms with Gasteiger partial charge in [0.05, 0.1) is 26.4 Å². The third-order valence-corrected chi connectivity index (χ3v) is 18.7. The maximum Gasteiger partial charge on any atom is 0.472 e. The highest BCUT2D eigenvalue weighted by Gasteiger charge is 2.30. The fourth-order valence-electron chi connectivity index (χ4n) is 10.4. The summed E-state index contributed by atoms with van der Waals surface area (Å²) < 4.78 is 68.2. The topological polar surface area (TPSA) is 237 Å². The first-order valence-electron chi connectivity index (χ1n) is 36.3. The molecule has 0 aliphatic heterocycles. The van der Waals surface area contributed by atoms with Crippen LogP contribution in [0.15, 0.2) is 0 Å². The molecule has 17 nitrogen and oxygen atoms in total. The van der Waals surface area contributed by atoms with E-state index >= 15 is 0 Å². The van der Waals surface area contributed by atoms with Gasteiger partial charge in [-0.15, -0.1) is 0 Å². The lowest BCUT2D eigenvalue weighted by molar-refractivity contribution is -0.161. The minimum Gasteiger partial charge on any atom is -0.462 e. The van der Waals surface area contributed by atoms with E-state index in [-0.39, 0.29) is 25.7 Å². The van der Waals surface area contributed by atoms with Crippen LogP contribution in [0.4, 0.5) is 0 Å². The zero-order chi connectivity index (χ0) is 66.1. The van der Waals surface area contributed by atoms with Crippen molar-refractivity contribution in [1.82, 2.24) is 0 Å². The molecule has 0 radical (unpaired) electrons. The third kappa shape index (κ3) is 62.0. The molecular weight excluding hydrogens is 1170 g/mol. The maximum atomic E-state index is 13.0. The lowest BCUT2D eigenvalue weighted by Gasteiger charge is -2.21. The number of rotatable bonds is 67. The van der Waals surface area contributed by atoms with Crippen LogP contribution < -0.4 is 0 Å². The van der Waals surface area contributed by atoms with Crippen LogP contribution in [0.2, 0.25) is 0 Å². The lowest BCUT2D eigenvalue weighted by atomic mass is 9.99. The van der Waals surface area contributed by atoms with Crippen LogP contribution in [0.25, 0.3) is 0 Å². The van der Waals surface area contributed by atoms with Gasteiger partial charge in [-0.1, -0.05) is 293 Å². The summed E-state index contributed by atoms with van der Waals surface area (Å²) in [6, 6.07) is 0. The van der Waals surface area contributed by atoms with Gasteiger partial charge in [0.1, 0.15) is 19.3 Å². The van der Waals surface area contributed by atoms with Crippen molar-refractivity contribution in [2.24, 2.45) is 23.7 Å². The smallest absolute Gasteiger partial charge is 0.462 e. The highest BCUT2D eigenvalue weighted by molar-refractivity contribution is 7.47. The number of phosphoric ester groups is 2. The maximum absolute atomic E-state index is 13.0. The number of hydrogen-bond acceptors (Lipinski definition) is 15. The molecule has 3 N–H and O–H groups in total. The summed E-state index contributed by atoms with van der Waals surface area (Å²) in [7, 11) is -9.90. The number of phosphoric acid groups is 2. The predicted octanol–water partition coefficient (Wildman–Crippen LogP) is 19.7. The molecule has 7 atom stereocenters. The van der Waals surface area contributed by atoms with Gasteiger partial charge in [-0.2, -0.15) is 0 Å². The van der Waals surface area contributed by atoms with E-state index in [1.807, 2.05) is 0 Å². The van der Waals surface area contributed by atoms with Crippen molar-refractivity contribution >= 4 is 39.5 Å². The van der Waals surface area contributed by atoms with Crippen molar-refractivity contribution in [3.05, 3.63) is 0 Å². The molecule has 0 aromatic rings. The molecule has 0 fully saturated rings. The first-order chi connectivity index (χ1) is 42.7. The standard InChI is InChI=1S/C70H136O17P2/c1-9-62(7)48-40-32-24-17-15-13-11-12-14-16-18-25-34-42-50-67(72)80-56-65(86-69(74)52-44-36-26-20-19-22-30-38-46-60(3)4)58-84-88(76,77)82-54-64(71)55-83-89(78,79)85-59-66(87-70(75)53-45-37-27-21-23-31-39-47-61(5)6)57-81-68(73)51-43-35-29-28-33-41-49-63(8)10-2/h60-66,71H,9-59H2,1-8H3,(H,76,77)(H,78,79)/t62?,63?,64-,65-,66-/m1/s1. The van der Waals surface area contributed by atoms with Gasteiger partial charge in [0.2, 0.25) is 0 Å². The van der Waals surface area contributed by atoms with Gasteiger partial charge in [0, 0.05) is 25.7 Å². The van der Waals surface area contributed by atoms with Crippen molar-refractivity contribution in [3.63, 3.8) is 0 Å². The van der Waals surface area contributed by atoms with E-state index in [0.717, 1.165) is 114 Å². The van der Waals surface area contributed by atoms with Crippen LogP contribution in [0, 0.1) is 23.7 Å². The molecule has 528 valence electrons. The van der Waals surface area contributed by atoms with E-state index in [2.05, 4.69) is 55.4 Å². The van der Waals surface area contributed by atoms with E-state index in [0.29, 0.717) is 31.6 Å². The molecule has 0 heterocycles. The quantitative estimate of drug-likeness (QED) is 0.0222. The van der Waals surface area contributed by atoms with Gasteiger partial charge in [0.25, 0.3) is 0 Å². The molecule has 0 saturated carbocycles. The van der Waals surface area contributed by atoms with Crippen LogP contribution in [-0.4, -0.2) is 96.7 Å². The highest BCUT2D eigenvalue weighted by Crippen LogP contribution is 2.45. The molecule has 0 spiro atoms. The van der Waals surface area contributed by atoms with E-state index in [1.54, 1.807) is 0 Å². The number of carbonyl (C=O) groups excluding carboxylic acids is 4. The predicted molar refractivity (Wildman–Crippen MR) is 358 cm³/mol. The Morgan fingerprint density at radius 1 is 0.315 bits per heavy atom. The van der Waals surface area contributed by atoms with Gasteiger partial charge in [-0.3, -0.25) is 37.3 Å². The monoisotopic (exact) mass is 1310 g/mol. The first kappa shape index (κ1) is 87.1. The Bertz CT molecular complexity index is 1770. The molecule has 89 heavy (non-hydrogen) atoms. The minimum absolute atomic E-state index is 0.102. The molecule has 0 aromatic carbocycles. The van der Waals surface area contributed by atoms with Crippen molar-refractivity contribution < 1.29 is 80.2 Å². The molecule has 0 rings (SSSR count). The number of ether oxygens (including phenoxy) is 4. The largest absolute Gasteiger partial charge is 0.472 e. The second-order valence-electron chi connectivity index (χ2n) is 26.7. The molecular formula is C70H136O17P2. The van der Waals surface area contributed by atoms with Gasteiger partial charge in [-0.05, 0) is 49.4 Å². The Morgan fingerprint density at radius 2 is 0.539 bits per heavy atom. The summed E-state index contributed by atoms with van der Waals surface area (Å²) >= 11 is 0. The number of unbranched alkanes of at least 4 members (excludes halogenated alkanes) is 31. The van der Waals surface area contributed by atoms with Gasteiger partial charge < -0.3 is 33.8 Å². The second kappa shape index (κ2) is 59.8. The van der Waals surface area contributed by atoms with E-state index in [1.165, 1.54) is 141 Å². The fraction of sp³-hybridized carbons (Fsp3) is 0.943. The number of aliphatic hydroxyl groups is 1. The normalized spacial score (nSPS) is 14.9. The lowest BCUT2D eigenvalue weighted by Crippen LogP contribution is -2.30. The van der Waals surface area contributed by atoms with Crippen LogP contribution >= 0.6 is 15.6 Å². The molecule has 0 saturated heterocycles. The number of carbonyl (C=O) groups is 4. The van der Waals surface area contributed by atoms with E-state index in [4.69, 9.17) is 37.0 Å². The minimum atomic E-state index is -4.95.